The zero-order valence-electron chi connectivity index (χ0n) is 16.8. The van der Waals surface area contributed by atoms with Crippen LogP contribution in [0.5, 0.6) is 0 Å². The molecule has 2 N–H and O–H groups in total. The standard InChI is InChI=1S/C20H28BrN5O2/c1-13(2)26(8-7-22-15-11-28-12-15)16-5-6-19(23-10-16)24-18-9-17(21)14(3)25(4)20(18)27/h5-6,9-10,13,15,22H,7-8,11-12H2,1-4H3,(H,23,24). The average Bonchev–Trinajstić information content (AvgIpc) is 2.63. The molecule has 0 aromatic carbocycles. The smallest absolute Gasteiger partial charge is 0.274 e. The molecule has 0 atom stereocenters. The normalized spacial score (nSPS) is 14.2. The number of nitrogens with one attached hydrogen (secondary N) is 2. The Morgan fingerprint density at radius 2 is 2.14 bits per heavy atom. The molecule has 1 fully saturated rings. The van der Waals surface area contributed by atoms with Crippen LogP contribution >= 0.6 is 15.9 Å². The van der Waals surface area contributed by atoms with E-state index in [1.807, 2.05) is 25.3 Å². The Bertz CT molecular complexity index is 862. The fourth-order valence-electron chi connectivity index (χ4n) is 3.07. The molecule has 0 unspecified atom stereocenters. The molecule has 7 nitrogen and oxygen atoms in total. The highest BCUT2D eigenvalue weighted by Crippen LogP contribution is 2.21. The fourth-order valence-corrected chi connectivity index (χ4v) is 3.57. The van der Waals surface area contributed by atoms with Crippen LogP contribution in [0, 0.1) is 6.92 Å². The molecule has 2 aromatic heterocycles. The summed E-state index contributed by atoms with van der Waals surface area (Å²) in [6.07, 6.45) is 1.85. The Morgan fingerprint density at radius 1 is 1.39 bits per heavy atom. The molecule has 28 heavy (non-hydrogen) atoms. The second kappa shape index (κ2) is 9.07. The first-order valence-corrected chi connectivity index (χ1v) is 10.3. The number of hydrogen-bond acceptors (Lipinski definition) is 6. The summed E-state index contributed by atoms with van der Waals surface area (Å²) in [6, 6.07) is 6.58. The van der Waals surface area contributed by atoms with Crippen molar-refractivity contribution in [2.24, 2.45) is 7.05 Å². The largest absolute Gasteiger partial charge is 0.378 e. The number of rotatable bonds is 8. The molecular formula is C20H28BrN5O2. The van der Waals surface area contributed by atoms with Crippen LogP contribution in [-0.2, 0) is 11.8 Å². The summed E-state index contributed by atoms with van der Waals surface area (Å²) in [6.45, 7) is 9.65. The molecule has 1 aliphatic heterocycles. The van der Waals surface area contributed by atoms with Crippen molar-refractivity contribution in [3.05, 3.63) is 44.9 Å². The van der Waals surface area contributed by atoms with Gasteiger partial charge in [0.05, 0.1) is 31.1 Å². The van der Waals surface area contributed by atoms with E-state index in [1.165, 1.54) is 0 Å². The Hall–Kier alpha value is -1.90. The third-order valence-corrected chi connectivity index (χ3v) is 5.85. The first-order chi connectivity index (χ1) is 13.4. The molecule has 1 saturated heterocycles. The molecule has 2 aromatic rings. The minimum Gasteiger partial charge on any atom is -0.378 e. The van der Waals surface area contributed by atoms with Crippen LogP contribution in [0.2, 0.25) is 0 Å². The third kappa shape index (κ3) is 4.74. The van der Waals surface area contributed by atoms with E-state index in [0.29, 0.717) is 23.6 Å². The minimum atomic E-state index is -0.0820. The summed E-state index contributed by atoms with van der Waals surface area (Å²) >= 11 is 3.49. The number of halogens is 1. The molecule has 0 spiro atoms. The van der Waals surface area contributed by atoms with Gasteiger partial charge >= 0.3 is 0 Å². The van der Waals surface area contributed by atoms with Gasteiger partial charge in [-0.1, -0.05) is 0 Å². The van der Waals surface area contributed by atoms with Gasteiger partial charge in [-0.2, -0.15) is 0 Å². The van der Waals surface area contributed by atoms with Crippen molar-refractivity contribution < 1.29 is 4.74 Å². The summed E-state index contributed by atoms with van der Waals surface area (Å²) in [4.78, 5) is 19.3. The zero-order valence-corrected chi connectivity index (χ0v) is 18.4. The summed E-state index contributed by atoms with van der Waals surface area (Å²) in [5.41, 5.74) is 2.35. The molecule has 152 valence electrons. The number of pyridine rings is 2. The number of aromatic nitrogens is 2. The van der Waals surface area contributed by atoms with Gasteiger partial charge in [-0.15, -0.1) is 0 Å². The Kier molecular flexibility index (Phi) is 6.74. The van der Waals surface area contributed by atoms with E-state index in [9.17, 15) is 4.79 Å². The molecule has 0 amide bonds. The van der Waals surface area contributed by atoms with Crippen molar-refractivity contribution >= 4 is 33.1 Å². The maximum Gasteiger partial charge on any atom is 0.274 e. The number of nitrogens with zero attached hydrogens (tertiary/aromatic N) is 3. The molecule has 3 rings (SSSR count). The maximum absolute atomic E-state index is 12.4. The highest BCUT2D eigenvalue weighted by atomic mass is 79.9. The van der Waals surface area contributed by atoms with E-state index >= 15 is 0 Å². The molecule has 8 heteroatoms. The summed E-state index contributed by atoms with van der Waals surface area (Å²) in [5.74, 6) is 0.644. The first kappa shape index (κ1) is 20.8. The lowest BCUT2D eigenvalue weighted by molar-refractivity contribution is -0.00451. The molecular weight excluding hydrogens is 422 g/mol. The van der Waals surface area contributed by atoms with Gasteiger partial charge in [0.1, 0.15) is 11.5 Å². The van der Waals surface area contributed by atoms with E-state index in [0.717, 1.165) is 42.2 Å². The van der Waals surface area contributed by atoms with Crippen LogP contribution in [0.3, 0.4) is 0 Å². The van der Waals surface area contributed by atoms with Gasteiger partial charge in [-0.05, 0) is 54.9 Å². The van der Waals surface area contributed by atoms with Crippen LogP contribution in [-0.4, -0.2) is 47.9 Å². The average molecular weight is 450 g/mol. The van der Waals surface area contributed by atoms with E-state index in [-0.39, 0.29) is 5.56 Å². The lowest BCUT2D eigenvalue weighted by Crippen LogP contribution is -2.49. The lowest BCUT2D eigenvalue weighted by Gasteiger charge is -2.32. The van der Waals surface area contributed by atoms with Crippen LogP contribution < -0.4 is 21.1 Å². The van der Waals surface area contributed by atoms with Crippen LogP contribution in [0.15, 0.2) is 33.7 Å². The van der Waals surface area contributed by atoms with Crippen molar-refractivity contribution in [1.82, 2.24) is 14.9 Å². The van der Waals surface area contributed by atoms with Gasteiger partial charge in [0.25, 0.3) is 5.56 Å². The minimum absolute atomic E-state index is 0.0820. The topological polar surface area (TPSA) is 71.4 Å². The van der Waals surface area contributed by atoms with Crippen LogP contribution in [0.25, 0.3) is 0 Å². The van der Waals surface area contributed by atoms with Gasteiger partial charge < -0.3 is 24.8 Å². The Balaban J connectivity index is 1.68. The van der Waals surface area contributed by atoms with Gasteiger partial charge in [0, 0.05) is 36.3 Å². The number of hydrogen-bond donors (Lipinski definition) is 2. The van der Waals surface area contributed by atoms with E-state index in [1.54, 1.807) is 17.7 Å². The predicted octanol–water partition coefficient (Wildman–Crippen LogP) is 2.80. The van der Waals surface area contributed by atoms with Gasteiger partial charge in [0.15, 0.2) is 0 Å². The summed E-state index contributed by atoms with van der Waals surface area (Å²) < 4.78 is 7.69. The zero-order chi connectivity index (χ0) is 20.3. The molecule has 0 bridgehead atoms. The lowest BCUT2D eigenvalue weighted by atomic mass is 10.2. The fraction of sp³-hybridized carbons (Fsp3) is 0.500. The maximum atomic E-state index is 12.4. The molecule has 3 heterocycles. The Morgan fingerprint density at radius 3 is 2.71 bits per heavy atom. The van der Waals surface area contributed by atoms with E-state index < -0.39 is 0 Å². The molecule has 0 saturated carbocycles. The highest BCUT2D eigenvalue weighted by molar-refractivity contribution is 9.10. The third-order valence-electron chi connectivity index (χ3n) is 5.04. The number of anilines is 3. The second-order valence-electron chi connectivity index (χ2n) is 7.36. The van der Waals surface area contributed by atoms with Crippen LogP contribution in [0.4, 0.5) is 17.2 Å². The number of ether oxygens (including phenoxy) is 1. The SMILES string of the molecule is Cc1c(Br)cc(Nc2ccc(N(CCNC3COC3)C(C)C)cn2)c(=O)n1C. The molecule has 1 aliphatic rings. The highest BCUT2D eigenvalue weighted by Gasteiger charge is 2.18. The molecule has 0 aliphatic carbocycles. The summed E-state index contributed by atoms with van der Waals surface area (Å²) in [5, 5.41) is 6.63. The van der Waals surface area contributed by atoms with Crippen molar-refractivity contribution in [2.75, 3.05) is 36.5 Å². The first-order valence-electron chi connectivity index (χ1n) is 9.53. The van der Waals surface area contributed by atoms with Crippen molar-refractivity contribution in [2.45, 2.75) is 32.9 Å². The van der Waals surface area contributed by atoms with Gasteiger partial charge in [-0.25, -0.2) is 4.98 Å². The van der Waals surface area contributed by atoms with Crippen molar-refractivity contribution in [3.63, 3.8) is 0 Å². The second-order valence-corrected chi connectivity index (χ2v) is 8.21. The quantitative estimate of drug-likeness (QED) is 0.645. The summed E-state index contributed by atoms with van der Waals surface area (Å²) in [7, 11) is 1.76. The predicted molar refractivity (Wildman–Crippen MR) is 117 cm³/mol. The van der Waals surface area contributed by atoms with Gasteiger partial charge in [0.2, 0.25) is 0 Å². The van der Waals surface area contributed by atoms with E-state index in [4.69, 9.17) is 4.74 Å². The van der Waals surface area contributed by atoms with Gasteiger partial charge in [-0.3, -0.25) is 4.79 Å². The van der Waals surface area contributed by atoms with E-state index in [2.05, 4.69) is 50.3 Å². The van der Waals surface area contributed by atoms with Crippen LogP contribution in [0.1, 0.15) is 19.5 Å². The molecule has 0 radical (unpaired) electrons. The van der Waals surface area contributed by atoms with Crippen molar-refractivity contribution in [1.29, 1.82) is 0 Å². The Labute approximate surface area is 174 Å². The van der Waals surface area contributed by atoms with Crippen molar-refractivity contribution in [3.8, 4) is 0 Å². The monoisotopic (exact) mass is 449 g/mol.